The van der Waals surface area contributed by atoms with Crippen LogP contribution in [0.1, 0.15) is 12.5 Å². The SMILES string of the molecule is Nc1nc(=O)n([C@H]2C=CC[C@H]2CO)cc1Cl. The highest BCUT2D eigenvalue weighted by Crippen LogP contribution is 2.29. The van der Waals surface area contributed by atoms with Crippen LogP contribution < -0.4 is 11.4 Å². The number of hydrogen-bond donors (Lipinski definition) is 2. The molecular weight excluding hydrogens is 230 g/mol. The number of allylic oxidation sites excluding steroid dienone is 2. The van der Waals surface area contributed by atoms with Crippen molar-refractivity contribution in [2.75, 3.05) is 12.3 Å². The van der Waals surface area contributed by atoms with Gasteiger partial charge in [-0.05, 0) is 6.42 Å². The first-order valence-electron chi connectivity index (χ1n) is 4.95. The fourth-order valence-electron chi connectivity index (χ4n) is 1.86. The summed E-state index contributed by atoms with van der Waals surface area (Å²) in [5.41, 5.74) is 4.98. The van der Waals surface area contributed by atoms with Crippen LogP contribution in [0.5, 0.6) is 0 Å². The van der Waals surface area contributed by atoms with E-state index in [0.717, 1.165) is 6.42 Å². The van der Waals surface area contributed by atoms with E-state index in [1.54, 1.807) is 0 Å². The average Bonchev–Trinajstić information content (AvgIpc) is 2.71. The first kappa shape index (κ1) is 11.2. The lowest BCUT2D eigenvalue weighted by Crippen LogP contribution is -2.30. The van der Waals surface area contributed by atoms with Crippen LogP contribution in [0.4, 0.5) is 5.82 Å². The second-order valence-corrected chi connectivity index (χ2v) is 4.17. The molecule has 0 unspecified atom stereocenters. The summed E-state index contributed by atoms with van der Waals surface area (Å²) in [7, 11) is 0. The van der Waals surface area contributed by atoms with Crippen molar-refractivity contribution in [3.63, 3.8) is 0 Å². The van der Waals surface area contributed by atoms with E-state index in [1.807, 2.05) is 12.2 Å². The van der Waals surface area contributed by atoms with Gasteiger partial charge < -0.3 is 10.8 Å². The third-order valence-electron chi connectivity index (χ3n) is 2.74. The predicted octanol–water partition coefficient (Wildman–Crippen LogP) is 0.588. The van der Waals surface area contributed by atoms with Gasteiger partial charge in [-0.25, -0.2) is 4.79 Å². The summed E-state index contributed by atoms with van der Waals surface area (Å²) in [4.78, 5) is 15.3. The van der Waals surface area contributed by atoms with E-state index in [9.17, 15) is 9.90 Å². The first-order chi connectivity index (χ1) is 7.63. The van der Waals surface area contributed by atoms with Crippen LogP contribution in [-0.2, 0) is 0 Å². The first-order valence-corrected chi connectivity index (χ1v) is 5.33. The predicted molar refractivity (Wildman–Crippen MR) is 61.3 cm³/mol. The molecule has 86 valence electrons. The lowest BCUT2D eigenvalue weighted by molar-refractivity contribution is 0.202. The van der Waals surface area contributed by atoms with Gasteiger partial charge in [0.25, 0.3) is 0 Å². The van der Waals surface area contributed by atoms with E-state index in [1.165, 1.54) is 10.8 Å². The lowest BCUT2D eigenvalue weighted by atomic mass is 10.0. The Labute approximate surface area is 97.2 Å². The Morgan fingerprint density at radius 2 is 2.44 bits per heavy atom. The minimum Gasteiger partial charge on any atom is -0.396 e. The Bertz CT molecular complexity index is 483. The number of nitrogens with zero attached hydrogens (tertiary/aromatic N) is 2. The third-order valence-corrected chi connectivity index (χ3v) is 3.04. The molecule has 2 rings (SSSR count). The molecule has 0 radical (unpaired) electrons. The number of aliphatic hydroxyl groups is 1. The fraction of sp³-hybridized carbons (Fsp3) is 0.400. The van der Waals surface area contributed by atoms with Gasteiger partial charge in [-0.3, -0.25) is 4.57 Å². The smallest absolute Gasteiger partial charge is 0.350 e. The van der Waals surface area contributed by atoms with Gasteiger partial charge >= 0.3 is 5.69 Å². The van der Waals surface area contributed by atoms with Crippen LogP contribution in [0.2, 0.25) is 5.02 Å². The Balaban J connectivity index is 2.44. The van der Waals surface area contributed by atoms with E-state index in [2.05, 4.69) is 4.98 Å². The van der Waals surface area contributed by atoms with E-state index in [0.29, 0.717) is 0 Å². The van der Waals surface area contributed by atoms with E-state index >= 15 is 0 Å². The van der Waals surface area contributed by atoms with Crippen molar-refractivity contribution in [1.29, 1.82) is 0 Å². The van der Waals surface area contributed by atoms with Crippen LogP contribution in [0.15, 0.2) is 23.1 Å². The standard InChI is InChI=1S/C10H12ClN3O2/c11-7-4-14(10(16)13-9(7)12)8-3-1-2-6(8)5-15/h1,3-4,6,8,15H,2,5H2,(H2,12,13,16)/t6-,8-/m0/s1. The van der Waals surface area contributed by atoms with Gasteiger partial charge in [0.15, 0.2) is 0 Å². The molecule has 0 saturated heterocycles. The van der Waals surface area contributed by atoms with Gasteiger partial charge in [0, 0.05) is 18.7 Å². The molecule has 1 aromatic heterocycles. The van der Waals surface area contributed by atoms with E-state index in [4.69, 9.17) is 17.3 Å². The molecule has 0 aromatic carbocycles. The number of aliphatic hydroxyl groups excluding tert-OH is 1. The summed E-state index contributed by atoms with van der Waals surface area (Å²) in [6.07, 6.45) is 6.02. The fourth-order valence-corrected chi connectivity index (χ4v) is 2.01. The minimum atomic E-state index is -0.447. The van der Waals surface area contributed by atoms with Crippen molar-refractivity contribution in [2.45, 2.75) is 12.5 Å². The molecule has 0 spiro atoms. The van der Waals surface area contributed by atoms with Crippen LogP contribution in [0, 0.1) is 5.92 Å². The van der Waals surface area contributed by atoms with Crippen molar-refractivity contribution in [3.8, 4) is 0 Å². The van der Waals surface area contributed by atoms with Crippen LogP contribution >= 0.6 is 11.6 Å². The zero-order valence-corrected chi connectivity index (χ0v) is 9.26. The summed E-state index contributed by atoms with van der Waals surface area (Å²) < 4.78 is 1.41. The maximum absolute atomic E-state index is 11.6. The molecule has 0 aliphatic heterocycles. The Morgan fingerprint density at radius 3 is 3.12 bits per heavy atom. The van der Waals surface area contributed by atoms with Crippen molar-refractivity contribution >= 4 is 17.4 Å². The Kier molecular flexibility index (Phi) is 2.98. The molecule has 1 heterocycles. The second kappa shape index (κ2) is 4.27. The van der Waals surface area contributed by atoms with Crippen LogP contribution in [-0.4, -0.2) is 21.3 Å². The molecule has 3 N–H and O–H groups in total. The molecule has 0 bridgehead atoms. The molecule has 1 aliphatic carbocycles. The number of rotatable bonds is 2. The maximum atomic E-state index is 11.6. The number of hydrogen-bond acceptors (Lipinski definition) is 4. The van der Waals surface area contributed by atoms with E-state index in [-0.39, 0.29) is 29.4 Å². The normalized spacial score (nSPS) is 23.9. The molecule has 2 atom stereocenters. The van der Waals surface area contributed by atoms with Crippen LogP contribution in [0.25, 0.3) is 0 Å². The molecule has 0 amide bonds. The number of nitrogens with two attached hydrogens (primary N) is 1. The minimum absolute atomic E-state index is 0.000749. The highest BCUT2D eigenvalue weighted by molar-refractivity contribution is 6.32. The third kappa shape index (κ3) is 1.83. The molecule has 1 aliphatic rings. The van der Waals surface area contributed by atoms with Crippen molar-refractivity contribution in [1.82, 2.24) is 9.55 Å². The zero-order chi connectivity index (χ0) is 11.7. The molecule has 1 aromatic rings. The van der Waals surface area contributed by atoms with Gasteiger partial charge in [-0.1, -0.05) is 23.8 Å². The van der Waals surface area contributed by atoms with Gasteiger partial charge in [0.2, 0.25) is 0 Å². The molecule has 0 saturated carbocycles. The van der Waals surface area contributed by atoms with Gasteiger partial charge in [0.05, 0.1) is 11.1 Å². The number of anilines is 1. The molecule has 0 fully saturated rings. The lowest BCUT2D eigenvalue weighted by Gasteiger charge is -2.19. The monoisotopic (exact) mass is 241 g/mol. The molecule has 16 heavy (non-hydrogen) atoms. The van der Waals surface area contributed by atoms with Crippen molar-refractivity contribution < 1.29 is 5.11 Å². The summed E-state index contributed by atoms with van der Waals surface area (Å²) in [5, 5.41) is 9.43. The number of halogens is 1. The molecule has 5 nitrogen and oxygen atoms in total. The highest BCUT2D eigenvalue weighted by atomic mass is 35.5. The number of nitrogen functional groups attached to an aromatic ring is 1. The van der Waals surface area contributed by atoms with Gasteiger partial charge in [-0.2, -0.15) is 4.98 Å². The summed E-state index contributed by atoms with van der Waals surface area (Å²) >= 11 is 5.82. The van der Waals surface area contributed by atoms with Gasteiger partial charge in [-0.15, -0.1) is 0 Å². The zero-order valence-electron chi connectivity index (χ0n) is 8.51. The van der Waals surface area contributed by atoms with Crippen molar-refractivity contribution in [3.05, 3.63) is 33.9 Å². The largest absolute Gasteiger partial charge is 0.396 e. The number of aromatic nitrogens is 2. The average molecular weight is 242 g/mol. The second-order valence-electron chi connectivity index (χ2n) is 3.76. The van der Waals surface area contributed by atoms with Crippen LogP contribution in [0.3, 0.4) is 0 Å². The summed E-state index contributed by atoms with van der Waals surface area (Å²) in [5.74, 6) is 0.0321. The molecular formula is C10H12ClN3O2. The Morgan fingerprint density at radius 1 is 1.69 bits per heavy atom. The van der Waals surface area contributed by atoms with E-state index < -0.39 is 5.69 Å². The van der Waals surface area contributed by atoms with Gasteiger partial charge in [0.1, 0.15) is 5.82 Å². The molecule has 6 heteroatoms. The van der Waals surface area contributed by atoms with Crippen molar-refractivity contribution in [2.24, 2.45) is 5.92 Å². The topological polar surface area (TPSA) is 81.1 Å². The summed E-state index contributed by atoms with van der Waals surface area (Å²) in [6.45, 7) is 0.0199. The highest BCUT2D eigenvalue weighted by Gasteiger charge is 2.25. The maximum Gasteiger partial charge on any atom is 0.350 e. The quantitative estimate of drug-likeness (QED) is 0.743. The Hall–Kier alpha value is -1.33. The summed E-state index contributed by atoms with van der Waals surface area (Å²) in [6, 6.07) is -0.192.